The molecule has 1 unspecified atom stereocenters. The predicted octanol–water partition coefficient (Wildman–Crippen LogP) is 4.47. The van der Waals surface area contributed by atoms with E-state index in [1.807, 2.05) is 60.7 Å². The number of furan rings is 1. The molecule has 1 aromatic heterocycles. The fourth-order valence-electron chi connectivity index (χ4n) is 3.09. The van der Waals surface area contributed by atoms with Crippen LogP contribution >= 0.6 is 0 Å². The third-order valence-corrected chi connectivity index (χ3v) is 4.51. The maximum atomic E-state index is 13.2. The number of hydrogen-bond donors (Lipinski definition) is 0. The zero-order valence-corrected chi connectivity index (χ0v) is 15.8. The Morgan fingerprint density at radius 1 is 0.964 bits per heavy atom. The summed E-state index contributed by atoms with van der Waals surface area (Å²) in [6.45, 7) is 3.70. The molecular weight excluding hydrogens is 356 g/mol. The quantitative estimate of drug-likeness (QED) is 0.656. The Labute approximate surface area is 163 Å². The first-order chi connectivity index (χ1) is 13.6. The molecule has 0 spiro atoms. The molecule has 4 rings (SSSR count). The molecule has 6 nitrogen and oxygen atoms in total. The van der Waals surface area contributed by atoms with Gasteiger partial charge in [-0.25, -0.2) is 5.06 Å². The average molecular weight is 378 g/mol. The number of hydroxylamine groups is 3. The van der Waals surface area contributed by atoms with Gasteiger partial charge in [0, 0.05) is 0 Å². The molecule has 1 aliphatic rings. The molecular formula is C22H22N2O4. The summed E-state index contributed by atoms with van der Waals surface area (Å²) in [7, 11) is 0. The van der Waals surface area contributed by atoms with Crippen molar-refractivity contribution < 1.29 is 18.9 Å². The summed E-state index contributed by atoms with van der Waals surface area (Å²) >= 11 is 0. The van der Waals surface area contributed by atoms with E-state index in [4.69, 9.17) is 14.1 Å². The van der Waals surface area contributed by atoms with Crippen LogP contribution in [0.3, 0.4) is 0 Å². The largest absolute Gasteiger partial charge is 0.465 e. The van der Waals surface area contributed by atoms with Crippen molar-refractivity contribution in [3.63, 3.8) is 0 Å². The second-order valence-corrected chi connectivity index (χ2v) is 7.04. The first-order valence-corrected chi connectivity index (χ1v) is 9.13. The molecule has 0 N–H and O–H groups in total. The third kappa shape index (κ3) is 3.52. The molecule has 2 heterocycles. The summed E-state index contributed by atoms with van der Waals surface area (Å²) < 4.78 is 5.63. The Hall–Kier alpha value is -3.09. The molecule has 0 aliphatic carbocycles. The molecule has 0 saturated carbocycles. The SMILES string of the molecule is CC1(C)ON(c2ccccc2)C(c2ccco2)N(OCc2ccccc2)C1=O. The van der Waals surface area contributed by atoms with Gasteiger partial charge in [0.25, 0.3) is 5.91 Å². The molecule has 144 valence electrons. The predicted molar refractivity (Wildman–Crippen MR) is 104 cm³/mol. The summed E-state index contributed by atoms with van der Waals surface area (Å²) in [5.74, 6) is 0.262. The second kappa shape index (κ2) is 7.50. The van der Waals surface area contributed by atoms with E-state index in [0.29, 0.717) is 5.76 Å². The van der Waals surface area contributed by atoms with Crippen molar-refractivity contribution in [1.82, 2.24) is 5.06 Å². The molecule has 1 atom stereocenters. The number of anilines is 1. The van der Waals surface area contributed by atoms with Crippen LogP contribution in [0.15, 0.2) is 83.5 Å². The van der Waals surface area contributed by atoms with E-state index in [2.05, 4.69) is 0 Å². The Balaban J connectivity index is 1.72. The lowest BCUT2D eigenvalue weighted by Crippen LogP contribution is -2.60. The lowest BCUT2D eigenvalue weighted by Gasteiger charge is -2.47. The van der Waals surface area contributed by atoms with Gasteiger partial charge in [-0.2, -0.15) is 5.06 Å². The molecule has 0 radical (unpaired) electrons. The van der Waals surface area contributed by atoms with Crippen molar-refractivity contribution in [3.8, 4) is 0 Å². The molecule has 1 amide bonds. The molecule has 6 heteroatoms. The molecule has 1 saturated heterocycles. The number of benzene rings is 2. The summed E-state index contributed by atoms with van der Waals surface area (Å²) in [5.41, 5.74) is 0.650. The lowest BCUT2D eigenvalue weighted by molar-refractivity contribution is -0.261. The Morgan fingerprint density at radius 2 is 1.64 bits per heavy atom. The van der Waals surface area contributed by atoms with Crippen molar-refractivity contribution in [2.75, 3.05) is 5.06 Å². The van der Waals surface area contributed by atoms with Gasteiger partial charge >= 0.3 is 0 Å². The van der Waals surface area contributed by atoms with Crippen molar-refractivity contribution in [3.05, 3.63) is 90.4 Å². The minimum atomic E-state index is -1.10. The van der Waals surface area contributed by atoms with Gasteiger partial charge < -0.3 is 4.42 Å². The van der Waals surface area contributed by atoms with Crippen LogP contribution in [0.5, 0.6) is 0 Å². The van der Waals surface area contributed by atoms with Crippen molar-refractivity contribution in [1.29, 1.82) is 0 Å². The lowest BCUT2D eigenvalue weighted by atomic mass is 10.1. The highest BCUT2D eigenvalue weighted by Crippen LogP contribution is 2.39. The molecule has 1 aliphatic heterocycles. The van der Waals surface area contributed by atoms with Gasteiger partial charge in [-0.3, -0.25) is 14.5 Å². The fraction of sp³-hybridized carbons (Fsp3) is 0.227. The van der Waals surface area contributed by atoms with Crippen LogP contribution in [0, 0.1) is 0 Å². The van der Waals surface area contributed by atoms with Crippen LogP contribution in [0.25, 0.3) is 0 Å². The highest BCUT2D eigenvalue weighted by atomic mass is 16.8. The van der Waals surface area contributed by atoms with Crippen LogP contribution in [0.2, 0.25) is 0 Å². The second-order valence-electron chi connectivity index (χ2n) is 7.04. The topological polar surface area (TPSA) is 55.1 Å². The maximum absolute atomic E-state index is 13.2. The molecule has 28 heavy (non-hydrogen) atoms. The monoisotopic (exact) mass is 378 g/mol. The van der Waals surface area contributed by atoms with E-state index in [1.165, 1.54) is 5.06 Å². The number of nitrogens with zero attached hydrogens (tertiary/aromatic N) is 2. The van der Waals surface area contributed by atoms with Crippen LogP contribution in [-0.2, 0) is 21.1 Å². The van der Waals surface area contributed by atoms with Gasteiger partial charge in [0.15, 0.2) is 11.4 Å². The minimum Gasteiger partial charge on any atom is -0.465 e. The average Bonchev–Trinajstić information content (AvgIpc) is 3.24. The van der Waals surface area contributed by atoms with Gasteiger partial charge in [0.1, 0.15) is 6.61 Å². The van der Waals surface area contributed by atoms with Gasteiger partial charge in [0.2, 0.25) is 6.17 Å². The number of carbonyl (C=O) groups is 1. The van der Waals surface area contributed by atoms with Gasteiger partial charge in [-0.1, -0.05) is 48.5 Å². The number of carbonyl (C=O) groups excluding carboxylic acids is 1. The zero-order valence-electron chi connectivity index (χ0n) is 15.8. The summed E-state index contributed by atoms with van der Waals surface area (Å²) in [4.78, 5) is 25.3. The van der Waals surface area contributed by atoms with Gasteiger partial charge in [-0.15, -0.1) is 0 Å². The molecule has 1 fully saturated rings. The maximum Gasteiger partial charge on any atom is 0.283 e. The molecule has 3 aromatic rings. The highest BCUT2D eigenvalue weighted by Gasteiger charge is 2.49. The summed E-state index contributed by atoms with van der Waals surface area (Å²) in [5, 5.41) is 3.01. The number of rotatable bonds is 5. The Morgan fingerprint density at radius 3 is 2.29 bits per heavy atom. The van der Waals surface area contributed by atoms with E-state index in [-0.39, 0.29) is 12.5 Å². The number of para-hydroxylation sites is 1. The summed E-state index contributed by atoms with van der Waals surface area (Å²) in [6.07, 6.45) is 0.875. The normalized spacial score (nSPS) is 19.1. The zero-order chi connectivity index (χ0) is 19.6. The van der Waals surface area contributed by atoms with Crippen LogP contribution < -0.4 is 5.06 Å². The summed E-state index contributed by atoms with van der Waals surface area (Å²) in [6, 6.07) is 22.9. The standard InChI is InChI=1S/C22H22N2O4/c1-22(2)21(25)24(27-16-17-10-5-3-6-11-17)20(19-14-9-15-26-19)23(28-22)18-12-7-4-8-13-18/h3-15,20H,16H2,1-2H3. The van der Waals surface area contributed by atoms with Crippen LogP contribution in [0.4, 0.5) is 5.69 Å². The van der Waals surface area contributed by atoms with Crippen molar-refractivity contribution in [2.24, 2.45) is 0 Å². The smallest absolute Gasteiger partial charge is 0.283 e. The first-order valence-electron chi connectivity index (χ1n) is 9.13. The molecule has 0 bridgehead atoms. The van der Waals surface area contributed by atoms with Crippen molar-refractivity contribution in [2.45, 2.75) is 32.2 Å². The van der Waals surface area contributed by atoms with Gasteiger partial charge in [0.05, 0.1) is 12.0 Å². The van der Waals surface area contributed by atoms with Crippen LogP contribution in [0.1, 0.15) is 31.3 Å². The van der Waals surface area contributed by atoms with E-state index in [0.717, 1.165) is 11.3 Å². The van der Waals surface area contributed by atoms with Gasteiger partial charge in [-0.05, 0) is 43.7 Å². The molecule has 2 aromatic carbocycles. The number of amides is 1. The van der Waals surface area contributed by atoms with Crippen molar-refractivity contribution >= 4 is 11.6 Å². The van der Waals surface area contributed by atoms with Crippen LogP contribution in [-0.4, -0.2) is 16.6 Å². The fourth-order valence-corrected chi connectivity index (χ4v) is 3.09. The Bertz CT molecular complexity index is 910. The van der Waals surface area contributed by atoms with E-state index < -0.39 is 11.8 Å². The van der Waals surface area contributed by atoms with E-state index >= 15 is 0 Å². The number of hydrogen-bond acceptors (Lipinski definition) is 5. The highest BCUT2D eigenvalue weighted by molar-refractivity contribution is 5.85. The van der Waals surface area contributed by atoms with E-state index in [9.17, 15) is 4.79 Å². The third-order valence-electron chi connectivity index (χ3n) is 4.51. The first kappa shape index (κ1) is 18.3. The Kier molecular flexibility index (Phi) is 4.90. The van der Waals surface area contributed by atoms with E-state index in [1.54, 1.807) is 37.3 Å². The minimum absolute atomic E-state index is 0.252.